The molecule has 0 saturated carbocycles. The van der Waals surface area contributed by atoms with Crippen LogP contribution in [-0.2, 0) is 9.84 Å². The molecule has 90 valence electrons. The number of hydrogen-bond acceptors (Lipinski definition) is 4. The summed E-state index contributed by atoms with van der Waals surface area (Å²) in [6.45, 7) is 3.27. The van der Waals surface area contributed by atoms with Crippen LogP contribution in [0.2, 0.25) is 0 Å². The van der Waals surface area contributed by atoms with E-state index >= 15 is 0 Å². The molecule has 1 aromatic rings. The van der Waals surface area contributed by atoms with Crippen LogP contribution in [0.3, 0.4) is 0 Å². The molecule has 0 aliphatic heterocycles. The molecule has 4 nitrogen and oxygen atoms in total. The van der Waals surface area contributed by atoms with Crippen molar-refractivity contribution < 1.29 is 8.42 Å². The Kier molecular flexibility index (Phi) is 3.93. The highest BCUT2D eigenvalue weighted by Gasteiger charge is 2.26. The van der Waals surface area contributed by atoms with E-state index in [1.807, 2.05) is 0 Å². The van der Waals surface area contributed by atoms with Crippen LogP contribution in [0.5, 0.6) is 0 Å². The zero-order valence-electron chi connectivity index (χ0n) is 9.55. The van der Waals surface area contributed by atoms with Gasteiger partial charge in [0.15, 0.2) is 9.84 Å². The Labute approximate surface area is 96.6 Å². The Morgan fingerprint density at radius 1 is 1.25 bits per heavy atom. The molecule has 0 unspecified atom stereocenters. The van der Waals surface area contributed by atoms with Crippen LogP contribution in [0.15, 0.2) is 24.3 Å². The summed E-state index contributed by atoms with van der Waals surface area (Å²) in [4.78, 5) is 0. The van der Waals surface area contributed by atoms with Gasteiger partial charge in [-0.1, -0.05) is 19.1 Å². The average molecular weight is 242 g/mol. The highest BCUT2D eigenvalue weighted by Crippen LogP contribution is 2.21. The summed E-state index contributed by atoms with van der Waals surface area (Å²) < 4.78 is 23.4. The maximum atomic E-state index is 11.7. The first-order chi connectivity index (χ1) is 7.38. The van der Waals surface area contributed by atoms with Gasteiger partial charge in [0, 0.05) is 17.5 Å². The van der Waals surface area contributed by atoms with E-state index in [-0.39, 0.29) is 5.75 Å². The van der Waals surface area contributed by atoms with Crippen molar-refractivity contribution in [2.75, 3.05) is 11.5 Å². The summed E-state index contributed by atoms with van der Waals surface area (Å²) in [6.07, 6.45) is 0. The number of anilines is 1. The molecule has 1 aromatic carbocycles. The SMILES string of the molecule is CCS(=O)(=O)[C@@H](C)[C@H](N)c1ccc(N)cc1. The summed E-state index contributed by atoms with van der Waals surface area (Å²) in [7, 11) is -3.11. The zero-order chi connectivity index (χ0) is 12.3. The monoisotopic (exact) mass is 242 g/mol. The molecule has 1 rings (SSSR count). The molecule has 0 amide bonds. The Balaban J connectivity index is 2.94. The normalized spacial score (nSPS) is 15.7. The van der Waals surface area contributed by atoms with Crippen LogP contribution in [0.25, 0.3) is 0 Å². The first kappa shape index (κ1) is 13.0. The van der Waals surface area contributed by atoms with Gasteiger partial charge in [-0.25, -0.2) is 8.42 Å². The van der Waals surface area contributed by atoms with Crippen LogP contribution < -0.4 is 11.5 Å². The van der Waals surface area contributed by atoms with Crippen LogP contribution in [0, 0.1) is 0 Å². The Hall–Kier alpha value is -1.07. The Morgan fingerprint density at radius 3 is 2.19 bits per heavy atom. The van der Waals surface area contributed by atoms with Gasteiger partial charge in [-0.05, 0) is 24.6 Å². The van der Waals surface area contributed by atoms with Crippen molar-refractivity contribution in [3.8, 4) is 0 Å². The third kappa shape index (κ3) is 2.74. The van der Waals surface area contributed by atoms with E-state index in [0.717, 1.165) is 5.56 Å². The third-order valence-corrected chi connectivity index (χ3v) is 5.03. The average Bonchev–Trinajstić information content (AvgIpc) is 2.28. The molecule has 0 aliphatic carbocycles. The van der Waals surface area contributed by atoms with Gasteiger partial charge in [0.25, 0.3) is 0 Å². The quantitative estimate of drug-likeness (QED) is 0.774. The number of benzene rings is 1. The second-order valence-electron chi connectivity index (χ2n) is 3.85. The predicted molar refractivity (Wildman–Crippen MR) is 66.7 cm³/mol. The lowest BCUT2D eigenvalue weighted by atomic mass is 10.1. The van der Waals surface area contributed by atoms with Gasteiger partial charge >= 0.3 is 0 Å². The minimum absolute atomic E-state index is 0.108. The molecule has 0 fully saturated rings. The summed E-state index contributed by atoms with van der Waals surface area (Å²) in [5.41, 5.74) is 12.9. The molecule has 4 N–H and O–H groups in total. The van der Waals surface area contributed by atoms with Gasteiger partial charge in [-0.15, -0.1) is 0 Å². The second-order valence-corrected chi connectivity index (χ2v) is 6.50. The molecule has 2 atom stereocenters. The van der Waals surface area contributed by atoms with Crippen LogP contribution in [0.4, 0.5) is 5.69 Å². The van der Waals surface area contributed by atoms with Gasteiger partial charge in [0.1, 0.15) is 0 Å². The van der Waals surface area contributed by atoms with E-state index in [1.165, 1.54) is 0 Å². The van der Waals surface area contributed by atoms with Gasteiger partial charge in [0.05, 0.1) is 5.25 Å². The molecule has 0 aliphatic rings. The van der Waals surface area contributed by atoms with Crippen molar-refractivity contribution in [1.82, 2.24) is 0 Å². The fraction of sp³-hybridized carbons (Fsp3) is 0.455. The molecule has 0 saturated heterocycles. The van der Waals surface area contributed by atoms with E-state index in [2.05, 4.69) is 0 Å². The predicted octanol–water partition coefficient (Wildman–Crippen LogP) is 1.09. The molecule has 0 aromatic heterocycles. The number of sulfone groups is 1. The van der Waals surface area contributed by atoms with Crippen molar-refractivity contribution in [1.29, 1.82) is 0 Å². The maximum absolute atomic E-state index is 11.7. The number of rotatable bonds is 4. The first-order valence-electron chi connectivity index (χ1n) is 5.21. The molecule has 16 heavy (non-hydrogen) atoms. The Bertz CT molecular complexity index is 440. The van der Waals surface area contributed by atoms with E-state index in [4.69, 9.17) is 11.5 Å². The minimum Gasteiger partial charge on any atom is -0.399 e. The smallest absolute Gasteiger partial charge is 0.154 e. The summed E-state index contributed by atoms with van der Waals surface area (Å²) >= 11 is 0. The van der Waals surface area contributed by atoms with Crippen molar-refractivity contribution in [2.45, 2.75) is 25.1 Å². The first-order valence-corrected chi connectivity index (χ1v) is 6.92. The molecular formula is C11H18N2O2S. The minimum atomic E-state index is -3.11. The molecule has 0 radical (unpaired) electrons. The van der Waals surface area contributed by atoms with Gasteiger partial charge in [-0.3, -0.25) is 0 Å². The lowest BCUT2D eigenvalue weighted by Crippen LogP contribution is -2.32. The topological polar surface area (TPSA) is 86.2 Å². The summed E-state index contributed by atoms with van der Waals surface area (Å²) in [6, 6.07) is 6.47. The van der Waals surface area contributed by atoms with Crippen molar-refractivity contribution in [3.63, 3.8) is 0 Å². The largest absolute Gasteiger partial charge is 0.399 e. The summed E-state index contributed by atoms with van der Waals surface area (Å²) in [5, 5.41) is -0.582. The Morgan fingerprint density at radius 2 is 1.75 bits per heavy atom. The molecule has 5 heteroatoms. The van der Waals surface area contributed by atoms with Crippen molar-refractivity contribution in [3.05, 3.63) is 29.8 Å². The van der Waals surface area contributed by atoms with E-state index in [9.17, 15) is 8.42 Å². The van der Waals surface area contributed by atoms with Crippen LogP contribution >= 0.6 is 0 Å². The number of nitrogens with two attached hydrogens (primary N) is 2. The lowest BCUT2D eigenvalue weighted by molar-refractivity contribution is 0.566. The van der Waals surface area contributed by atoms with Gasteiger partial charge in [0.2, 0.25) is 0 Å². The van der Waals surface area contributed by atoms with Crippen molar-refractivity contribution in [2.24, 2.45) is 5.73 Å². The molecule has 0 heterocycles. The van der Waals surface area contributed by atoms with Crippen LogP contribution in [-0.4, -0.2) is 19.4 Å². The molecular weight excluding hydrogens is 224 g/mol. The highest BCUT2D eigenvalue weighted by molar-refractivity contribution is 7.92. The zero-order valence-corrected chi connectivity index (χ0v) is 10.4. The summed E-state index contributed by atoms with van der Waals surface area (Å²) in [5.74, 6) is 0.108. The second kappa shape index (κ2) is 4.84. The maximum Gasteiger partial charge on any atom is 0.154 e. The fourth-order valence-corrected chi connectivity index (χ4v) is 2.61. The van der Waals surface area contributed by atoms with Gasteiger partial charge in [-0.2, -0.15) is 0 Å². The standard InChI is InChI=1S/C11H18N2O2S/c1-3-16(14,15)8(2)11(13)9-4-6-10(12)7-5-9/h4-8,11H,3,12-13H2,1-2H3/t8-,11-/m0/s1. The number of nitrogen functional groups attached to an aromatic ring is 1. The molecule has 0 bridgehead atoms. The lowest BCUT2D eigenvalue weighted by Gasteiger charge is -2.20. The highest BCUT2D eigenvalue weighted by atomic mass is 32.2. The van der Waals surface area contributed by atoms with E-state index < -0.39 is 21.1 Å². The van der Waals surface area contributed by atoms with E-state index in [1.54, 1.807) is 38.1 Å². The number of hydrogen-bond donors (Lipinski definition) is 2. The van der Waals surface area contributed by atoms with Gasteiger partial charge < -0.3 is 11.5 Å². The fourth-order valence-electron chi connectivity index (χ4n) is 1.48. The molecule has 0 spiro atoms. The van der Waals surface area contributed by atoms with E-state index in [0.29, 0.717) is 5.69 Å². The van der Waals surface area contributed by atoms with Crippen LogP contribution in [0.1, 0.15) is 25.5 Å². The van der Waals surface area contributed by atoms with Crippen molar-refractivity contribution >= 4 is 15.5 Å². The third-order valence-electron chi connectivity index (χ3n) is 2.80.